The monoisotopic (exact) mass is 241 g/mol. The standard InChI is InChI=1S/C13H11N3O2/c14-12-8(13(15)17)6-9(16-12)11-5-7-3-1-2-4-10(7)18-11/h1-6,16H,14H2,(H2,15,17). The Morgan fingerprint density at radius 2 is 2.00 bits per heavy atom. The van der Waals surface area contributed by atoms with Crippen molar-refractivity contribution < 1.29 is 9.21 Å². The minimum absolute atomic E-state index is 0.248. The lowest BCUT2D eigenvalue weighted by atomic mass is 10.2. The van der Waals surface area contributed by atoms with Crippen LogP contribution in [0.3, 0.4) is 0 Å². The number of para-hydroxylation sites is 1. The number of rotatable bonds is 2. The number of benzene rings is 1. The molecule has 1 amide bonds. The van der Waals surface area contributed by atoms with Gasteiger partial charge in [-0.1, -0.05) is 18.2 Å². The highest BCUT2D eigenvalue weighted by Gasteiger charge is 2.14. The summed E-state index contributed by atoms with van der Waals surface area (Å²) in [6.45, 7) is 0. The Kier molecular flexibility index (Phi) is 2.13. The Labute approximate surface area is 102 Å². The third-order valence-corrected chi connectivity index (χ3v) is 2.80. The lowest BCUT2D eigenvalue weighted by Gasteiger charge is -1.89. The molecular formula is C13H11N3O2. The van der Waals surface area contributed by atoms with Gasteiger partial charge in [-0.25, -0.2) is 0 Å². The first-order chi connectivity index (χ1) is 8.65. The molecule has 0 atom stereocenters. The Morgan fingerprint density at radius 3 is 2.67 bits per heavy atom. The summed E-state index contributed by atoms with van der Waals surface area (Å²) >= 11 is 0. The molecule has 0 unspecified atom stereocenters. The van der Waals surface area contributed by atoms with Crippen LogP contribution in [0.4, 0.5) is 5.82 Å². The highest BCUT2D eigenvalue weighted by Crippen LogP contribution is 2.29. The van der Waals surface area contributed by atoms with Gasteiger partial charge in [-0.2, -0.15) is 0 Å². The quantitative estimate of drug-likeness (QED) is 0.640. The van der Waals surface area contributed by atoms with Crippen molar-refractivity contribution in [3.63, 3.8) is 0 Å². The average molecular weight is 241 g/mol. The molecule has 0 spiro atoms. The molecule has 1 aromatic carbocycles. The summed E-state index contributed by atoms with van der Waals surface area (Å²) in [6, 6.07) is 11.1. The summed E-state index contributed by atoms with van der Waals surface area (Å²) in [4.78, 5) is 14.0. The zero-order valence-corrected chi connectivity index (χ0v) is 9.44. The summed E-state index contributed by atoms with van der Waals surface area (Å²) in [7, 11) is 0. The lowest BCUT2D eigenvalue weighted by molar-refractivity contribution is 0.100. The highest BCUT2D eigenvalue weighted by atomic mass is 16.3. The fourth-order valence-electron chi connectivity index (χ4n) is 1.92. The summed E-state index contributed by atoms with van der Waals surface area (Å²) in [5.41, 5.74) is 12.6. The second-order valence-corrected chi connectivity index (χ2v) is 4.02. The zero-order valence-electron chi connectivity index (χ0n) is 9.44. The maximum Gasteiger partial charge on any atom is 0.252 e. The predicted octanol–water partition coefficient (Wildman–Crippen LogP) is 2.11. The van der Waals surface area contributed by atoms with Crippen LogP contribution in [0, 0.1) is 0 Å². The molecule has 3 rings (SSSR count). The molecule has 0 radical (unpaired) electrons. The average Bonchev–Trinajstić information content (AvgIpc) is 2.91. The normalized spacial score (nSPS) is 10.9. The third kappa shape index (κ3) is 1.53. The van der Waals surface area contributed by atoms with E-state index in [0.717, 1.165) is 11.0 Å². The van der Waals surface area contributed by atoms with Crippen LogP contribution in [0.2, 0.25) is 0 Å². The predicted molar refractivity (Wildman–Crippen MR) is 68.9 cm³/mol. The van der Waals surface area contributed by atoms with E-state index in [1.807, 2.05) is 30.3 Å². The smallest absolute Gasteiger partial charge is 0.252 e. The summed E-state index contributed by atoms with van der Waals surface area (Å²) < 4.78 is 5.66. The lowest BCUT2D eigenvalue weighted by Crippen LogP contribution is -2.11. The van der Waals surface area contributed by atoms with Gasteiger partial charge in [0.15, 0.2) is 5.76 Å². The number of nitrogens with one attached hydrogen (secondary N) is 1. The van der Waals surface area contributed by atoms with Crippen molar-refractivity contribution in [1.82, 2.24) is 4.98 Å². The fraction of sp³-hybridized carbons (Fsp3) is 0. The molecule has 0 saturated carbocycles. The number of anilines is 1. The Hall–Kier alpha value is -2.69. The summed E-state index contributed by atoms with van der Waals surface area (Å²) in [5.74, 6) is 0.305. The number of hydrogen-bond donors (Lipinski definition) is 3. The minimum Gasteiger partial charge on any atom is -0.455 e. The maximum atomic E-state index is 11.1. The highest BCUT2D eigenvalue weighted by molar-refractivity contribution is 5.99. The molecule has 0 aliphatic rings. The second-order valence-electron chi connectivity index (χ2n) is 4.02. The number of nitrogens with two attached hydrogens (primary N) is 2. The van der Waals surface area contributed by atoms with Gasteiger partial charge < -0.3 is 20.9 Å². The minimum atomic E-state index is -0.564. The van der Waals surface area contributed by atoms with E-state index in [1.165, 1.54) is 0 Å². The number of furan rings is 1. The van der Waals surface area contributed by atoms with Gasteiger partial charge in [0.1, 0.15) is 11.4 Å². The molecule has 90 valence electrons. The number of H-pyrrole nitrogens is 1. The number of nitrogen functional groups attached to an aromatic ring is 1. The number of primary amides is 1. The SMILES string of the molecule is NC(=O)c1cc(-c2cc3ccccc3o2)[nH]c1N. The van der Waals surface area contributed by atoms with Crippen molar-refractivity contribution in [2.24, 2.45) is 5.73 Å². The topological polar surface area (TPSA) is 98.0 Å². The van der Waals surface area contributed by atoms with Gasteiger partial charge in [-0.3, -0.25) is 4.79 Å². The van der Waals surface area contributed by atoms with Crippen LogP contribution >= 0.6 is 0 Å². The second kappa shape index (κ2) is 3.66. The van der Waals surface area contributed by atoms with Gasteiger partial charge in [-0.15, -0.1) is 0 Å². The first-order valence-corrected chi connectivity index (χ1v) is 5.42. The fourth-order valence-corrected chi connectivity index (χ4v) is 1.92. The molecule has 5 nitrogen and oxygen atoms in total. The van der Waals surface area contributed by atoms with E-state index in [9.17, 15) is 4.79 Å². The number of aromatic amines is 1. The van der Waals surface area contributed by atoms with Crippen molar-refractivity contribution in [3.8, 4) is 11.5 Å². The molecule has 5 heteroatoms. The van der Waals surface area contributed by atoms with E-state index in [2.05, 4.69) is 4.98 Å². The van der Waals surface area contributed by atoms with E-state index < -0.39 is 5.91 Å². The Morgan fingerprint density at radius 1 is 1.22 bits per heavy atom. The van der Waals surface area contributed by atoms with Crippen molar-refractivity contribution >= 4 is 22.7 Å². The van der Waals surface area contributed by atoms with E-state index >= 15 is 0 Å². The van der Waals surface area contributed by atoms with Gasteiger partial charge in [0.2, 0.25) is 0 Å². The van der Waals surface area contributed by atoms with Crippen LogP contribution in [0.1, 0.15) is 10.4 Å². The molecule has 0 aliphatic heterocycles. The van der Waals surface area contributed by atoms with Crippen molar-refractivity contribution in [2.45, 2.75) is 0 Å². The first-order valence-electron chi connectivity index (χ1n) is 5.42. The number of aromatic nitrogens is 1. The number of carbonyl (C=O) groups is 1. The molecule has 0 saturated heterocycles. The molecule has 5 N–H and O–H groups in total. The van der Waals surface area contributed by atoms with E-state index in [0.29, 0.717) is 11.5 Å². The number of hydrogen-bond acceptors (Lipinski definition) is 3. The van der Waals surface area contributed by atoms with E-state index in [4.69, 9.17) is 15.9 Å². The van der Waals surface area contributed by atoms with Crippen LogP contribution < -0.4 is 11.5 Å². The summed E-state index contributed by atoms with van der Waals surface area (Å²) in [5, 5.41) is 0.987. The molecule has 2 heterocycles. The largest absolute Gasteiger partial charge is 0.455 e. The van der Waals surface area contributed by atoms with Crippen LogP contribution in [0.15, 0.2) is 40.8 Å². The van der Waals surface area contributed by atoms with Gasteiger partial charge in [0, 0.05) is 5.39 Å². The third-order valence-electron chi connectivity index (χ3n) is 2.80. The molecule has 18 heavy (non-hydrogen) atoms. The van der Waals surface area contributed by atoms with Gasteiger partial charge in [-0.05, 0) is 18.2 Å². The van der Waals surface area contributed by atoms with Crippen LogP contribution in [0.5, 0.6) is 0 Å². The number of amides is 1. The Balaban J connectivity index is 2.14. The van der Waals surface area contributed by atoms with Crippen LogP contribution in [-0.2, 0) is 0 Å². The summed E-state index contributed by atoms with van der Waals surface area (Å²) in [6.07, 6.45) is 0. The molecule has 2 aromatic heterocycles. The van der Waals surface area contributed by atoms with E-state index in [1.54, 1.807) is 6.07 Å². The molecule has 0 fully saturated rings. The van der Waals surface area contributed by atoms with Crippen molar-refractivity contribution in [1.29, 1.82) is 0 Å². The van der Waals surface area contributed by atoms with Gasteiger partial charge in [0.05, 0.1) is 11.3 Å². The van der Waals surface area contributed by atoms with Gasteiger partial charge >= 0.3 is 0 Å². The molecule has 3 aromatic rings. The van der Waals surface area contributed by atoms with Crippen molar-refractivity contribution in [2.75, 3.05) is 5.73 Å². The molecular weight excluding hydrogens is 230 g/mol. The maximum absolute atomic E-state index is 11.1. The Bertz CT molecular complexity index is 707. The number of fused-ring (bicyclic) bond motifs is 1. The van der Waals surface area contributed by atoms with Crippen molar-refractivity contribution in [3.05, 3.63) is 42.0 Å². The van der Waals surface area contributed by atoms with E-state index in [-0.39, 0.29) is 11.4 Å². The van der Waals surface area contributed by atoms with Crippen LogP contribution in [0.25, 0.3) is 22.4 Å². The molecule has 0 bridgehead atoms. The molecule has 0 aliphatic carbocycles. The first kappa shape index (κ1) is 10.5. The van der Waals surface area contributed by atoms with Gasteiger partial charge in [0.25, 0.3) is 5.91 Å². The van der Waals surface area contributed by atoms with Crippen LogP contribution in [-0.4, -0.2) is 10.9 Å². The number of carbonyl (C=O) groups excluding carboxylic acids is 1. The zero-order chi connectivity index (χ0) is 12.7.